The monoisotopic (exact) mass is 303 g/mol. The van der Waals surface area contributed by atoms with E-state index in [0.717, 1.165) is 16.0 Å². The van der Waals surface area contributed by atoms with E-state index in [1.165, 1.54) is 11.3 Å². The van der Waals surface area contributed by atoms with Crippen molar-refractivity contribution in [2.45, 2.75) is 20.5 Å². The van der Waals surface area contributed by atoms with Crippen molar-refractivity contribution in [2.75, 3.05) is 6.54 Å². The van der Waals surface area contributed by atoms with Gasteiger partial charge in [0.25, 0.3) is 5.91 Å². The van der Waals surface area contributed by atoms with Gasteiger partial charge < -0.3 is 10.1 Å². The highest BCUT2D eigenvalue weighted by Crippen LogP contribution is 2.20. The van der Waals surface area contributed by atoms with Gasteiger partial charge in [0.15, 0.2) is 0 Å². The Labute approximate surface area is 127 Å². The van der Waals surface area contributed by atoms with Crippen molar-refractivity contribution in [1.29, 1.82) is 0 Å². The first kappa shape index (κ1) is 15.3. The summed E-state index contributed by atoms with van der Waals surface area (Å²) in [5, 5.41) is 2.57. The van der Waals surface area contributed by atoms with Gasteiger partial charge in [-0.25, -0.2) is 0 Å². The van der Waals surface area contributed by atoms with Gasteiger partial charge in [0.1, 0.15) is 13.2 Å². The van der Waals surface area contributed by atoms with E-state index in [-0.39, 0.29) is 19.1 Å². The molecule has 0 bridgehead atoms. The van der Waals surface area contributed by atoms with E-state index < -0.39 is 5.97 Å². The predicted octanol–water partition coefficient (Wildman–Crippen LogP) is 2.84. The van der Waals surface area contributed by atoms with Crippen LogP contribution in [-0.4, -0.2) is 18.4 Å². The van der Waals surface area contributed by atoms with Gasteiger partial charge in [0.05, 0.1) is 4.88 Å². The normalized spacial score (nSPS) is 10.2. The van der Waals surface area contributed by atoms with Gasteiger partial charge >= 0.3 is 5.97 Å². The van der Waals surface area contributed by atoms with Crippen LogP contribution in [0.4, 0.5) is 0 Å². The van der Waals surface area contributed by atoms with Gasteiger partial charge in [-0.05, 0) is 31.0 Å². The molecule has 0 atom stereocenters. The molecule has 21 heavy (non-hydrogen) atoms. The number of aryl methyl sites for hydroxylation is 2. The number of esters is 1. The minimum Gasteiger partial charge on any atom is -0.460 e. The standard InChI is InChI=1S/C16H17NO3S/c1-11-8-14(21-12(11)2)16(19)17-9-15(18)20-10-13-6-4-3-5-7-13/h3-8H,9-10H2,1-2H3,(H,17,19). The summed E-state index contributed by atoms with van der Waals surface area (Å²) < 4.78 is 5.09. The molecule has 2 aromatic rings. The van der Waals surface area contributed by atoms with Crippen molar-refractivity contribution >= 4 is 23.2 Å². The minimum atomic E-state index is -0.447. The van der Waals surface area contributed by atoms with Crippen molar-refractivity contribution in [3.8, 4) is 0 Å². The quantitative estimate of drug-likeness (QED) is 0.864. The molecule has 4 nitrogen and oxygen atoms in total. The average Bonchev–Trinajstić information content (AvgIpc) is 2.83. The molecule has 1 aromatic carbocycles. The first-order chi connectivity index (χ1) is 10.1. The lowest BCUT2D eigenvalue weighted by atomic mass is 10.2. The average molecular weight is 303 g/mol. The largest absolute Gasteiger partial charge is 0.460 e. The SMILES string of the molecule is Cc1cc(C(=O)NCC(=O)OCc2ccccc2)sc1C. The number of benzene rings is 1. The fourth-order valence-electron chi connectivity index (χ4n) is 1.71. The zero-order valence-corrected chi connectivity index (χ0v) is 12.8. The van der Waals surface area contributed by atoms with E-state index in [2.05, 4.69) is 5.32 Å². The lowest BCUT2D eigenvalue weighted by Gasteiger charge is -2.05. The lowest BCUT2D eigenvalue weighted by Crippen LogP contribution is -2.30. The summed E-state index contributed by atoms with van der Waals surface area (Å²) in [5.41, 5.74) is 2.00. The number of carbonyl (C=O) groups excluding carboxylic acids is 2. The van der Waals surface area contributed by atoms with Crippen LogP contribution in [0.1, 0.15) is 25.7 Å². The van der Waals surface area contributed by atoms with Gasteiger partial charge in [-0.15, -0.1) is 11.3 Å². The van der Waals surface area contributed by atoms with E-state index in [9.17, 15) is 9.59 Å². The minimum absolute atomic E-state index is 0.123. The first-order valence-electron chi connectivity index (χ1n) is 6.61. The highest BCUT2D eigenvalue weighted by molar-refractivity contribution is 7.14. The highest BCUT2D eigenvalue weighted by Gasteiger charge is 2.12. The first-order valence-corrected chi connectivity index (χ1v) is 7.42. The molecule has 110 valence electrons. The maximum Gasteiger partial charge on any atom is 0.325 e. The molecule has 0 fully saturated rings. The second-order valence-corrected chi connectivity index (χ2v) is 5.94. The zero-order valence-electron chi connectivity index (χ0n) is 12.0. The summed E-state index contributed by atoms with van der Waals surface area (Å²) in [5.74, 6) is -0.690. The molecule has 0 spiro atoms. The Hall–Kier alpha value is -2.14. The number of rotatable bonds is 5. The summed E-state index contributed by atoms with van der Waals surface area (Å²) in [7, 11) is 0. The number of hydrogen-bond donors (Lipinski definition) is 1. The molecule has 0 saturated heterocycles. The number of hydrogen-bond acceptors (Lipinski definition) is 4. The number of amides is 1. The van der Waals surface area contributed by atoms with Crippen molar-refractivity contribution in [2.24, 2.45) is 0 Å². The molecule has 0 aliphatic heterocycles. The van der Waals surface area contributed by atoms with Crippen LogP contribution < -0.4 is 5.32 Å². The number of thiophene rings is 1. The van der Waals surface area contributed by atoms with Crippen LogP contribution in [0.2, 0.25) is 0 Å². The summed E-state index contributed by atoms with van der Waals surface area (Å²) in [4.78, 5) is 25.2. The van der Waals surface area contributed by atoms with Gasteiger partial charge in [0.2, 0.25) is 0 Å². The van der Waals surface area contributed by atoms with Crippen LogP contribution in [0.3, 0.4) is 0 Å². The zero-order chi connectivity index (χ0) is 15.2. The smallest absolute Gasteiger partial charge is 0.325 e. The van der Waals surface area contributed by atoms with Gasteiger partial charge in [0, 0.05) is 4.88 Å². The molecule has 0 saturated carbocycles. The molecular formula is C16H17NO3S. The van der Waals surface area contributed by atoms with Crippen LogP contribution in [0, 0.1) is 13.8 Å². The fourth-order valence-corrected chi connectivity index (χ4v) is 2.66. The van der Waals surface area contributed by atoms with Crippen molar-refractivity contribution in [3.63, 3.8) is 0 Å². The summed E-state index contributed by atoms with van der Waals surface area (Å²) >= 11 is 1.42. The molecule has 1 aromatic heterocycles. The van der Waals surface area contributed by atoms with E-state index >= 15 is 0 Å². The third-order valence-corrected chi connectivity index (χ3v) is 4.18. The van der Waals surface area contributed by atoms with Crippen LogP contribution in [0.15, 0.2) is 36.4 Å². The highest BCUT2D eigenvalue weighted by atomic mass is 32.1. The van der Waals surface area contributed by atoms with E-state index in [4.69, 9.17) is 4.74 Å². The molecule has 5 heteroatoms. The Bertz CT molecular complexity index is 615. The molecule has 0 aliphatic carbocycles. The van der Waals surface area contributed by atoms with Crippen molar-refractivity contribution in [3.05, 3.63) is 57.3 Å². The molecule has 0 aliphatic rings. The van der Waals surface area contributed by atoms with E-state index in [0.29, 0.717) is 4.88 Å². The fraction of sp³-hybridized carbons (Fsp3) is 0.250. The number of ether oxygens (including phenoxy) is 1. The maximum atomic E-state index is 11.9. The molecule has 0 radical (unpaired) electrons. The molecule has 2 rings (SSSR count). The third kappa shape index (κ3) is 4.43. The predicted molar refractivity (Wildman–Crippen MR) is 82.4 cm³/mol. The lowest BCUT2D eigenvalue weighted by molar-refractivity contribution is -0.143. The second-order valence-electron chi connectivity index (χ2n) is 4.68. The summed E-state index contributed by atoms with van der Waals surface area (Å²) in [6, 6.07) is 11.2. The van der Waals surface area contributed by atoms with Gasteiger partial charge in [-0.2, -0.15) is 0 Å². The van der Waals surface area contributed by atoms with Crippen molar-refractivity contribution < 1.29 is 14.3 Å². The Morgan fingerprint density at radius 3 is 2.52 bits per heavy atom. The van der Waals surface area contributed by atoms with Crippen LogP contribution in [-0.2, 0) is 16.1 Å². The number of nitrogens with one attached hydrogen (secondary N) is 1. The second kappa shape index (κ2) is 7.04. The molecule has 1 N–H and O–H groups in total. The van der Waals surface area contributed by atoms with Crippen LogP contribution >= 0.6 is 11.3 Å². The summed E-state index contributed by atoms with van der Waals surface area (Å²) in [6.45, 7) is 4.01. The molecular weight excluding hydrogens is 286 g/mol. The Morgan fingerprint density at radius 1 is 1.19 bits per heavy atom. The van der Waals surface area contributed by atoms with Crippen molar-refractivity contribution in [1.82, 2.24) is 5.32 Å². The summed E-state index contributed by atoms with van der Waals surface area (Å²) in [6.07, 6.45) is 0. The molecule has 0 unspecified atom stereocenters. The van der Waals surface area contributed by atoms with Crippen LogP contribution in [0.5, 0.6) is 0 Å². The van der Waals surface area contributed by atoms with Gasteiger partial charge in [-0.1, -0.05) is 30.3 Å². The van der Waals surface area contributed by atoms with Crippen LogP contribution in [0.25, 0.3) is 0 Å². The Balaban J connectivity index is 1.77. The number of carbonyl (C=O) groups is 2. The molecule has 1 heterocycles. The Morgan fingerprint density at radius 2 is 1.90 bits per heavy atom. The van der Waals surface area contributed by atoms with E-state index in [1.54, 1.807) is 0 Å². The molecule has 1 amide bonds. The third-order valence-electron chi connectivity index (χ3n) is 3.03. The Kier molecular flexibility index (Phi) is 5.11. The topological polar surface area (TPSA) is 55.4 Å². The van der Waals surface area contributed by atoms with Gasteiger partial charge in [-0.3, -0.25) is 9.59 Å². The van der Waals surface area contributed by atoms with E-state index in [1.807, 2.05) is 50.2 Å². The maximum absolute atomic E-state index is 11.9.